The van der Waals surface area contributed by atoms with Crippen LogP contribution in [-0.4, -0.2) is 44.8 Å². The van der Waals surface area contributed by atoms with Crippen molar-refractivity contribution in [2.45, 2.75) is 31.9 Å². The van der Waals surface area contributed by atoms with Crippen LogP contribution < -0.4 is 5.32 Å². The minimum absolute atomic E-state index is 0.231. The fourth-order valence-electron chi connectivity index (χ4n) is 2.47. The van der Waals surface area contributed by atoms with Crippen LogP contribution in [0.25, 0.3) is 0 Å². The Morgan fingerprint density at radius 2 is 1.82 bits per heavy atom. The second-order valence-corrected chi connectivity index (χ2v) is 5.20. The van der Waals surface area contributed by atoms with E-state index < -0.39 is 12.1 Å². The van der Waals surface area contributed by atoms with E-state index in [9.17, 15) is 13.2 Å². The Bertz CT molecular complexity index is 216. The first-order valence-corrected chi connectivity index (χ1v) is 6.33. The summed E-state index contributed by atoms with van der Waals surface area (Å²) in [5.41, 5.74) is 0. The minimum atomic E-state index is -4.02. The molecule has 0 spiro atoms. The Hall–Kier alpha value is -0.290. The van der Waals surface area contributed by atoms with Gasteiger partial charge in [0.2, 0.25) is 0 Å². The van der Waals surface area contributed by atoms with Crippen LogP contribution in [0.5, 0.6) is 0 Å². The number of likely N-dealkylation sites (N-methyl/N-ethyl adjacent to an activating group) is 1. The predicted octanol–water partition coefficient (Wildman–Crippen LogP) is 2.51. The van der Waals surface area contributed by atoms with Crippen molar-refractivity contribution in [1.29, 1.82) is 0 Å². The molecule has 1 N–H and O–H groups in total. The molecule has 0 amide bonds. The van der Waals surface area contributed by atoms with Crippen LogP contribution in [0.15, 0.2) is 0 Å². The Balaban J connectivity index is 2.33. The summed E-state index contributed by atoms with van der Waals surface area (Å²) in [4.78, 5) is 2.02. The zero-order valence-corrected chi connectivity index (χ0v) is 10.7. The van der Waals surface area contributed by atoms with Gasteiger partial charge in [-0.3, -0.25) is 0 Å². The minimum Gasteiger partial charge on any atom is -0.315 e. The summed E-state index contributed by atoms with van der Waals surface area (Å²) in [6, 6.07) is 0. The highest BCUT2D eigenvalue weighted by Gasteiger charge is 2.44. The van der Waals surface area contributed by atoms with Crippen LogP contribution in [0.1, 0.15) is 25.7 Å². The van der Waals surface area contributed by atoms with Gasteiger partial charge in [-0.25, -0.2) is 0 Å². The normalized spacial score (nSPS) is 26.5. The van der Waals surface area contributed by atoms with Crippen molar-refractivity contribution in [2.24, 2.45) is 11.8 Å². The molecule has 0 bridgehead atoms. The van der Waals surface area contributed by atoms with Gasteiger partial charge in [-0.15, -0.1) is 0 Å². The fraction of sp³-hybridized carbons (Fsp3) is 1.00. The van der Waals surface area contributed by atoms with Gasteiger partial charge in [0.1, 0.15) is 0 Å². The van der Waals surface area contributed by atoms with Gasteiger partial charge < -0.3 is 10.2 Å². The molecule has 0 heterocycles. The third-order valence-corrected chi connectivity index (χ3v) is 3.47. The molecule has 0 radical (unpaired) electrons. The summed E-state index contributed by atoms with van der Waals surface area (Å²) < 4.78 is 38.4. The van der Waals surface area contributed by atoms with Crippen molar-refractivity contribution in [2.75, 3.05) is 33.7 Å². The second-order valence-electron chi connectivity index (χ2n) is 5.20. The van der Waals surface area contributed by atoms with Crippen LogP contribution in [0.2, 0.25) is 0 Å². The highest BCUT2D eigenvalue weighted by Crippen LogP contribution is 2.41. The SMILES string of the molecule is CN(C)CCNCC1CCCCC1C(F)(F)F. The van der Waals surface area contributed by atoms with Gasteiger partial charge in [0.15, 0.2) is 0 Å². The van der Waals surface area contributed by atoms with Crippen molar-refractivity contribution in [3.63, 3.8) is 0 Å². The monoisotopic (exact) mass is 252 g/mol. The summed E-state index contributed by atoms with van der Waals surface area (Å²) in [7, 11) is 3.92. The Morgan fingerprint density at radius 1 is 1.18 bits per heavy atom. The quantitative estimate of drug-likeness (QED) is 0.756. The molecule has 1 rings (SSSR count). The molecule has 2 atom stereocenters. The van der Waals surface area contributed by atoms with Gasteiger partial charge in [0, 0.05) is 13.1 Å². The first kappa shape index (κ1) is 14.8. The zero-order valence-electron chi connectivity index (χ0n) is 10.7. The number of nitrogens with zero attached hydrogens (tertiary/aromatic N) is 1. The van der Waals surface area contributed by atoms with Gasteiger partial charge >= 0.3 is 6.18 Å². The maximum atomic E-state index is 12.8. The predicted molar refractivity (Wildman–Crippen MR) is 62.9 cm³/mol. The molecule has 2 unspecified atom stereocenters. The van der Waals surface area contributed by atoms with Crippen molar-refractivity contribution in [1.82, 2.24) is 10.2 Å². The molecule has 1 aliphatic rings. The van der Waals surface area contributed by atoms with Gasteiger partial charge in [-0.2, -0.15) is 13.2 Å². The summed E-state index contributed by atoms with van der Waals surface area (Å²) >= 11 is 0. The largest absolute Gasteiger partial charge is 0.392 e. The average Bonchev–Trinajstić information content (AvgIpc) is 2.23. The van der Waals surface area contributed by atoms with Crippen molar-refractivity contribution < 1.29 is 13.2 Å². The van der Waals surface area contributed by atoms with E-state index in [4.69, 9.17) is 0 Å². The summed E-state index contributed by atoms with van der Waals surface area (Å²) in [5.74, 6) is -1.32. The molecule has 102 valence electrons. The molecule has 0 aromatic carbocycles. The van der Waals surface area contributed by atoms with E-state index >= 15 is 0 Å². The number of halogens is 3. The molecule has 17 heavy (non-hydrogen) atoms. The van der Waals surface area contributed by atoms with E-state index in [0.29, 0.717) is 19.4 Å². The topological polar surface area (TPSA) is 15.3 Å². The molecule has 0 aromatic heterocycles. The zero-order chi connectivity index (χ0) is 12.9. The highest BCUT2D eigenvalue weighted by atomic mass is 19.4. The second kappa shape index (κ2) is 6.59. The van der Waals surface area contributed by atoms with Gasteiger partial charge in [0.05, 0.1) is 5.92 Å². The van der Waals surface area contributed by atoms with E-state index in [0.717, 1.165) is 25.9 Å². The van der Waals surface area contributed by atoms with Gasteiger partial charge in [-0.1, -0.05) is 12.8 Å². The van der Waals surface area contributed by atoms with Gasteiger partial charge in [0.25, 0.3) is 0 Å². The first-order chi connectivity index (χ1) is 7.91. The molecule has 1 aliphatic carbocycles. The van der Waals surface area contributed by atoms with E-state index in [2.05, 4.69) is 5.32 Å². The lowest BCUT2D eigenvalue weighted by Gasteiger charge is -2.33. The van der Waals surface area contributed by atoms with Crippen molar-refractivity contribution >= 4 is 0 Å². The van der Waals surface area contributed by atoms with E-state index in [1.54, 1.807) is 0 Å². The van der Waals surface area contributed by atoms with Crippen LogP contribution >= 0.6 is 0 Å². The van der Waals surface area contributed by atoms with Crippen LogP contribution in [0.4, 0.5) is 13.2 Å². The van der Waals surface area contributed by atoms with Crippen LogP contribution in [0.3, 0.4) is 0 Å². The summed E-state index contributed by atoms with van der Waals surface area (Å²) in [5, 5.41) is 3.15. The molecule has 1 fully saturated rings. The summed E-state index contributed by atoms with van der Waals surface area (Å²) in [6.45, 7) is 2.12. The highest BCUT2D eigenvalue weighted by molar-refractivity contribution is 4.81. The lowest BCUT2D eigenvalue weighted by molar-refractivity contribution is -0.195. The standard InChI is InChI=1S/C12H23F3N2/c1-17(2)8-7-16-9-10-5-3-4-6-11(10)12(13,14)15/h10-11,16H,3-9H2,1-2H3. The van der Waals surface area contributed by atoms with Crippen LogP contribution in [-0.2, 0) is 0 Å². The maximum absolute atomic E-state index is 12.8. The number of nitrogens with one attached hydrogen (secondary N) is 1. The van der Waals surface area contributed by atoms with E-state index in [1.807, 2.05) is 19.0 Å². The van der Waals surface area contributed by atoms with E-state index in [-0.39, 0.29) is 5.92 Å². The third-order valence-electron chi connectivity index (χ3n) is 3.47. The Kier molecular flexibility index (Phi) is 5.73. The smallest absolute Gasteiger partial charge is 0.315 e. The molecule has 5 heteroatoms. The first-order valence-electron chi connectivity index (χ1n) is 6.33. The Morgan fingerprint density at radius 3 is 2.41 bits per heavy atom. The molecule has 0 aliphatic heterocycles. The van der Waals surface area contributed by atoms with E-state index in [1.165, 1.54) is 0 Å². The van der Waals surface area contributed by atoms with Gasteiger partial charge in [-0.05, 0) is 39.4 Å². The number of hydrogen-bond donors (Lipinski definition) is 1. The molecule has 2 nitrogen and oxygen atoms in total. The Labute approximate surface area is 102 Å². The molecule has 1 saturated carbocycles. The fourth-order valence-corrected chi connectivity index (χ4v) is 2.47. The molecule has 0 aromatic rings. The lowest BCUT2D eigenvalue weighted by Crippen LogP contribution is -2.39. The number of hydrogen-bond acceptors (Lipinski definition) is 2. The number of alkyl halides is 3. The molecular weight excluding hydrogens is 229 g/mol. The third kappa shape index (κ3) is 5.25. The summed E-state index contributed by atoms with van der Waals surface area (Å²) in [6.07, 6.45) is -1.35. The molecular formula is C12H23F3N2. The lowest BCUT2D eigenvalue weighted by atomic mass is 9.79. The van der Waals surface area contributed by atoms with Crippen LogP contribution in [0, 0.1) is 11.8 Å². The molecule has 0 saturated heterocycles. The average molecular weight is 252 g/mol. The van der Waals surface area contributed by atoms with Crippen molar-refractivity contribution in [3.8, 4) is 0 Å². The maximum Gasteiger partial charge on any atom is 0.392 e. The number of rotatable bonds is 5. The van der Waals surface area contributed by atoms with Crippen molar-refractivity contribution in [3.05, 3.63) is 0 Å².